The molecule has 1 saturated heterocycles. The molecule has 1 fully saturated rings. The lowest BCUT2D eigenvalue weighted by molar-refractivity contribution is 0.248. The van der Waals surface area contributed by atoms with Crippen molar-refractivity contribution in [1.29, 1.82) is 0 Å². The van der Waals surface area contributed by atoms with E-state index in [9.17, 15) is 13.2 Å². The minimum atomic E-state index is -3.82. The molecule has 0 bridgehead atoms. The summed E-state index contributed by atoms with van der Waals surface area (Å²) in [6, 6.07) is 14.4. The fourth-order valence-electron chi connectivity index (χ4n) is 4.14. The van der Waals surface area contributed by atoms with Crippen LogP contribution in [0, 0.1) is 6.92 Å². The summed E-state index contributed by atoms with van der Waals surface area (Å²) >= 11 is 0. The van der Waals surface area contributed by atoms with Gasteiger partial charge in [0, 0.05) is 56.2 Å². The first-order valence-electron chi connectivity index (χ1n) is 10.8. The number of hydrogen-bond acceptors (Lipinski definition) is 5. The minimum absolute atomic E-state index is 0.139. The van der Waals surface area contributed by atoms with Crippen molar-refractivity contribution in [1.82, 2.24) is 19.9 Å². The third kappa shape index (κ3) is 4.75. The highest BCUT2D eigenvalue weighted by Crippen LogP contribution is 2.39. The van der Waals surface area contributed by atoms with Crippen molar-refractivity contribution in [2.45, 2.75) is 18.4 Å². The quantitative estimate of drug-likeness (QED) is 0.517. The van der Waals surface area contributed by atoms with Crippen LogP contribution in [0.25, 0.3) is 22.3 Å². The SMILES string of the molecule is Cc1ccccc1-c1cccc(-c2ccncc2CNC(N)=O)c1S(=O)(=O)N1CCNCC1. The van der Waals surface area contributed by atoms with Crippen LogP contribution in [0.3, 0.4) is 0 Å². The highest BCUT2D eigenvalue weighted by atomic mass is 32.2. The normalized spacial score (nSPS) is 14.7. The van der Waals surface area contributed by atoms with Gasteiger partial charge in [0.2, 0.25) is 10.0 Å². The highest BCUT2D eigenvalue weighted by molar-refractivity contribution is 7.89. The number of aryl methyl sites for hydroxylation is 1. The first-order chi connectivity index (χ1) is 15.9. The van der Waals surface area contributed by atoms with E-state index in [1.165, 1.54) is 4.31 Å². The lowest BCUT2D eigenvalue weighted by Crippen LogP contribution is -2.46. The summed E-state index contributed by atoms with van der Waals surface area (Å²) in [6.07, 6.45) is 3.23. The molecule has 9 heteroatoms. The van der Waals surface area contributed by atoms with Gasteiger partial charge in [0.1, 0.15) is 0 Å². The monoisotopic (exact) mass is 465 g/mol. The van der Waals surface area contributed by atoms with Crippen molar-refractivity contribution in [3.05, 3.63) is 72.1 Å². The van der Waals surface area contributed by atoms with Gasteiger partial charge in [-0.2, -0.15) is 4.31 Å². The van der Waals surface area contributed by atoms with E-state index in [1.54, 1.807) is 24.5 Å². The molecular formula is C24H27N5O3S. The lowest BCUT2D eigenvalue weighted by atomic mass is 9.95. The number of aromatic nitrogens is 1. The van der Waals surface area contributed by atoms with Crippen LogP contribution in [0.5, 0.6) is 0 Å². The van der Waals surface area contributed by atoms with Gasteiger partial charge in [-0.15, -0.1) is 0 Å². The maximum atomic E-state index is 14.1. The smallest absolute Gasteiger partial charge is 0.312 e. The molecule has 1 aromatic heterocycles. The molecule has 172 valence electrons. The fraction of sp³-hybridized carbons (Fsp3) is 0.250. The Morgan fingerprint density at radius 2 is 1.70 bits per heavy atom. The number of pyridine rings is 1. The summed E-state index contributed by atoms with van der Waals surface area (Å²) in [4.78, 5) is 15.7. The largest absolute Gasteiger partial charge is 0.352 e. The van der Waals surface area contributed by atoms with E-state index in [4.69, 9.17) is 5.73 Å². The van der Waals surface area contributed by atoms with Gasteiger partial charge in [-0.05, 0) is 35.2 Å². The van der Waals surface area contributed by atoms with E-state index in [-0.39, 0.29) is 11.4 Å². The van der Waals surface area contributed by atoms with Crippen molar-refractivity contribution in [2.24, 2.45) is 5.73 Å². The van der Waals surface area contributed by atoms with Crippen LogP contribution in [0.4, 0.5) is 4.79 Å². The Kier molecular flexibility index (Phi) is 6.73. The van der Waals surface area contributed by atoms with Crippen LogP contribution in [-0.2, 0) is 16.6 Å². The first kappa shape index (κ1) is 22.9. The van der Waals surface area contributed by atoms with E-state index in [2.05, 4.69) is 15.6 Å². The number of benzene rings is 2. The molecule has 33 heavy (non-hydrogen) atoms. The van der Waals surface area contributed by atoms with Crippen LogP contribution in [0.15, 0.2) is 65.8 Å². The second-order valence-electron chi connectivity index (χ2n) is 7.90. The Labute approximate surface area is 193 Å². The number of nitrogens with zero attached hydrogens (tertiary/aromatic N) is 2. The number of piperazine rings is 1. The van der Waals surface area contributed by atoms with Crippen molar-refractivity contribution >= 4 is 16.1 Å². The lowest BCUT2D eigenvalue weighted by Gasteiger charge is -2.29. The third-order valence-electron chi connectivity index (χ3n) is 5.77. The number of hydrogen-bond donors (Lipinski definition) is 3. The van der Waals surface area contributed by atoms with Crippen LogP contribution in [0.2, 0.25) is 0 Å². The number of primary amides is 1. The molecule has 0 aliphatic carbocycles. The molecule has 2 amide bonds. The molecule has 4 rings (SSSR count). The van der Waals surface area contributed by atoms with Gasteiger partial charge in [0.15, 0.2) is 0 Å². The van der Waals surface area contributed by atoms with Crippen LogP contribution in [-0.4, -0.2) is 49.9 Å². The maximum Gasteiger partial charge on any atom is 0.312 e. The van der Waals surface area contributed by atoms with E-state index >= 15 is 0 Å². The van der Waals surface area contributed by atoms with Gasteiger partial charge < -0.3 is 16.4 Å². The second-order valence-corrected chi connectivity index (χ2v) is 9.78. The molecule has 2 heterocycles. The van der Waals surface area contributed by atoms with E-state index in [1.807, 2.05) is 43.3 Å². The number of rotatable bonds is 6. The molecule has 1 aliphatic rings. The molecule has 0 atom stereocenters. The molecule has 0 radical (unpaired) electrons. The third-order valence-corrected chi connectivity index (χ3v) is 7.77. The average molecular weight is 466 g/mol. The van der Waals surface area contributed by atoms with Gasteiger partial charge in [0.25, 0.3) is 0 Å². The zero-order valence-electron chi connectivity index (χ0n) is 18.4. The number of sulfonamides is 1. The Bertz CT molecular complexity index is 1270. The number of nitrogens with two attached hydrogens (primary N) is 1. The summed E-state index contributed by atoms with van der Waals surface area (Å²) in [7, 11) is -3.82. The predicted octanol–water partition coefficient (Wildman–Crippen LogP) is 2.49. The summed E-state index contributed by atoms with van der Waals surface area (Å²) in [6.45, 7) is 4.11. The van der Waals surface area contributed by atoms with Gasteiger partial charge in [-0.25, -0.2) is 13.2 Å². The number of carbonyl (C=O) groups excluding carboxylic acids is 1. The molecule has 4 N–H and O–H groups in total. The maximum absolute atomic E-state index is 14.1. The molecule has 0 unspecified atom stereocenters. The zero-order chi connectivity index (χ0) is 23.4. The number of carbonyl (C=O) groups is 1. The number of urea groups is 1. The second kappa shape index (κ2) is 9.70. The summed E-state index contributed by atoms with van der Waals surface area (Å²) in [5, 5.41) is 5.79. The topological polar surface area (TPSA) is 117 Å². The Morgan fingerprint density at radius 1 is 1.03 bits per heavy atom. The van der Waals surface area contributed by atoms with E-state index in [0.717, 1.165) is 11.1 Å². The molecule has 0 spiro atoms. The molecule has 1 aliphatic heterocycles. The number of amides is 2. The van der Waals surface area contributed by atoms with Crippen LogP contribution < -0.4 is 16.4 Å². The summed E-state index contributed by atoms with van der Waals surface area (Å²) in [5.74, 6) is 0. The van der Waals surface area contributed by atoms with Crippen LogP contribution in [0.1, 0.15) is 11.1 Å². The highest BCUT2D eigenvalue weighted by Gasteiger charge is 2.32. The van der Waals surface area contributed by atoms with Crippen molar-refractivity contribution < 1.29 is 13.2 Å². The molecular weight excluding hydrogens is 438 g/mol. The van der Waals surface area contributed by atoms with Crippen molar-refractivity contribution in [2.75, 3.05) is 26.2 Å². The standard InChI is InChI=1S/C24H27N5O3S/c1-17-5-2-3-6-19(17)21-7-4-8-22(20-9-10-27-15-18(20)16-28-24(25)30)23(21)33(31,32)29-13-11-26-12-14-29/h2-10,15,26H,11-14,16H2,1H3,(H3,25,28,30). The van der Waals surface area contributed by atoms with Crippen LogP contribution >= 0.6 is 0 Å². The zero-order valence-corrected chi connectivity index (χ0v) is 19.2. The Morgan fingerprint density at radius 3 is 2.39 bits per heavy atom. The molecule has 8 nitrogen and oxygen atoms in total. The average Bonchev–Trinajstić information content (AvgIpc) is 2.83. The summed E-state index contributed by atoms with van der Waals surface area (Å²) < 4.78 is 29.6. The van der Waals surface area contributed by atoms with Gasteiger partial charge >= 0.3 is 6.03 Å². The summed E-state index contributed by atoms with van der Waals surface area (Å²) in [5.41, 5.74) is 9.68. The Balaban J connectivity index is 1.97. The van der Waals surface area contributed by atoms with E-state index in [0.29, 0.717) is 48.4 Å². The predicted molar refractivity (Wildman–Crippen MR) is 128 cm³/mol. The fourth-order valence-corrected chi connectivity index (χ4v) is 5.97. The Hall–Kier alpha value is -3.27. The molecule has 2 aromatic carbocycles. The van der Waals surface area contributed by atoms with Crippen molar-refractivity contribution in [3.8, 4) is 22.3 Å². The van der Waals surface area contributed by atoms with Gasteiger partial charge in [-0.1, -0.05) is 42.5 Å². The van der Waals surface area contributed by atoms with Gasteiger partial charge in [0.05, 0.1) is 4.90 Å². The molecule has 3 aromatic rings. The number of nitrogens with one attached hydrogen (secondary N) is 2. The van der Waals surface area contributed by atoms with Crippen molar-refractivity contribution in [3.63, 3.8) is 0 Å². The first-order valence-corrected chi connectivity index (χ1v) is 12.2. The van der Waals surface area contributed by atoms with Gasteiger partial charge in [-0.3, -0.25) is 4.98 Å². The minimum Gasteiger partial charge on any atom is -0.352 e. The van der Waals surface area contributed by atoms with E-state index < -0.39 is 16.1 Å². The molecule has 0 saturated carbocycles.